The van der Waals surface area contributed by atoms with Crippen LogP contribution >= 0.6 is 0 Å². The van der Waals surface area contributed by atoms with Crippen molar-refractivity contribution in [1.82, 2.24) is 0 Å². The number of hydrogen-bond acceptors (Lipinski definition) is 10. The molecule has 0 unspecified atom stereocenters. The molecule has 0 spiro atoms. The van der Waals surface area contributed by atoms with Crippen molar-refractivity contribution in [2.45, 2.75) is 49.6 Å². The molecule has 1 saturated carbocycles. The maximum atomic E-state index is 12.5. The number of phenolic OH excluding ortho intramolecular Hbond substituents is 2. The van der Waals surface area contributed by atoms with E-state index in [4.69, 9.17) is 9.47 Å². The summed E-state index contributed by atoms with van der Waals surface area (Å²) in [4.78, 5) is 37.2. The lowest BCUT2D eigenvalue weighted by molar-refractivity contribution is -0.209. The highest BCUT2D eigenvalue weighted by molar-refractivity contribution is 5.80. The standard InChI is InChI=1S/C24H26O10/c1-32-23(30)24(31)12-18(27)22(34-21(29)11-15-4-8-17(26)9-5-15)19(13-24)33-20(28)10-14-2-6-16(25)7-3-14/h2-9,18-19,22,25-27,31H,10-13H2,1H3/t18-,19-,22+,24-/m0/s1. The van der Waals surface area contributed by atoms with Crippen molar-refractivity contribution in [2.24, 2.45) is 0 Å². The van der Waals surface area contributed by atoms with E-state index in [2.05, 4.69) is 4.74 Å². The molecule has 10 nitrogen and oxygen atoms in total. The van der Waals surface area contributed by atoms with Crippen molar-refractivity contribution in [3.8, 4) is 11.5 Å². The number of benzene rings is 2. The second-order valence-electron chi connectivity index (χ2n) is 8.17. The van der Waals surface area contributed by atoms with Gasteiger partial charge in [0.05, 0.1) is 26.1 Å². The first kappa shape index (κ1) is 25.0. The number of carbonyl (C=O) groups is 3. The van der Waals surface area contributed by atoms with E-state index in [9.17, 15) is 34.8 Å². The molecule has 0 heterocycles. The summed E-state index contributed by atoms with van der Waals surface area (Å²) in [5, 5.41) is 40.1. The van der Waals surface area contributed by atoms with Crippen molar-refractivity contribution < 1.29 is 49.0 Å². The second-order valence-corrected chi connectivity index (χ2v) is 8.17. The Bertz CT molecular complexity index is 1020. The van der Waals surface area contributed by atoms with Crippen LogP contribution in [0.4, 0.5) is 0 Å². The number of phenols is 2. The van der Waals surface area contributed by atoms with Crippen molar-refractivity contribution in [1.29, 1.82) is 0 Å². The van der Waals surface area contributed by atoms with Crippen molar-refractivity contribution in [2.75, 3.05) is 7.11 Å². The number of aromatic hydroxyl groups is 2. The van der Waals surface area contributed by atoms with Gasteiger partial charge in [-0.15, -0.1) is 0 Å². The Labute approximate surface area is 195 Å². The lowest BCUT2D eigenvalue weighted by Crippen LogP contribution is -2.58. The molecule has 1 fully saturated rings. The van der Waals surface area contributed by atoms with Gasteiger partial charge >= 0.3 is 17.9 Å². The summed E-state index contributed by atoms with van der Waals surface area (Å²) < 4.78 is 15.4. The van der Waals surface area contributed by atoms with Gasteiger partial charge in [0.2, 0.25) is 0 Å². The number of hydrogen-bond donors (Lipinski definition) is 4. The van der Waals surface area contributed by atoms with E-state index >= 15 is 0 Å². The second kappa shape index (κ2) is 10.5. The molecule has 2 aromatic rings. The number of aliphatic hydroxyl groups excluding tert-OH is 1. The molecule has 0 saturated heterocycles. The highest BCUT2D eigenvalue weighted by Crippen LogP contribution is 2.34. The summed E-state index contributed by atoms with van der Waals surface area (Å²) in [6, 6.07) is 11.7. The third-order valence-corrected chi connectivity index (χ3v) is 5.52. The largest absolute Gasteiger partial charge is 0.508 e. The third kappa shape index (κ3) is 6.24. The van der Waals surface area contributed by atoms with Crippen LogP contribution in [0.25, 0.3) is 0 Å². The lowest BCUT2D eigenvalue weighted by Gasteiger charge is -2.41. The number of esters is 3. The number of rotatable bonds is 7. The van der Waals surface area contributed by atoms with E-state index in [1.54, 1.807) is 0 Å². The minimum atomic E-state index is -2.14. The summed E-state index contributed by atoms with van der Waals surface area (Å²) in [6.45, 7) is 0. The van der Waals surface area contributed by atoms with Crippen LogP contribution in [0, 0.1) is 0 Å². The van der Waals surface area contributed by atoms with Crippen molar-refractivity contribution >= 4 is 17.9 Å². The predicted molar refractivity (Wildman–Crippen MR) is 116 cm³/mol. The molecule has 182 valence electrons. The Morgan fingerprint density at radius 3 is 1.79 bits per heavy atom. The Morgan fingerprint density at radius 2 is 1.32 bits per heavy atom. The van der Waals surface area contributed by atoms with Gasteiger partial charge in [-0.05, 0) is 35.4 Å². The minimum Gasteiger partial charge on any atom is -0.508 e. The molecule has 0 aromatic heterocycles. The maximum Gasteiger partial charge on any atom is 0.338 e. The average Bonchev–Trinajstić information content (AvgIpc) is 2.78. The summed E-state index contributed by atoms with van der Waals surface area (Å²) in [5.41, 5.74) is -1.07. The molecule has 4 atom stereocenters. The molecule has 1 aliphatic rings. The van der Waals surface area contributed by atoms with Gasteiger partial charge in [0.25, 0.3) is 0 Å². The quantitative estimate of drug-likeness (QED) is 0.333. The Hall–Kier alpha value is -3.63. The van der Waals surface area contributed by atoms with E-state index in [0.29, 0.717) is 11.1 Å². The fourth-order valence-electron chi connectivity index (χ4n) is 3.83. The predicted octanol–water partition coefficient (Wildman–Crippen LogP) is 0.765. The summed E-state index contributed by atoms with van der Waals surface area (Å²) in [6.07, 6.45) is -5.50. The lowest BCUT2D eigenvalue weighted by atomic mass is 9.79. The molecule has 34 heavy (non-hydrogen) atoms. The molecule has 0 radical (unpaired) electrons. The number of methoxy groups -OCH3 is 1. The average molecular weight is 474 g/mol. The monoisotopic (exact) mass is 474 g/mol. The summed E-state index contributed by atoms with van der Waals surface area (Å²) >= 11 is 0. The van der Waals surface area contributed by atoms with Crippen LogP contribution in [0.2, 0.25) is 0 Å². The van der Waals surface area contributed by atoms with Gasteiger partial charge in [-0.3, -0.25) is 9.59 Å². The van der Waals surface area contributed by atoms with Crippen molar-refractivity contribution in [3.63, 3.8) is 0 Å². The molecule has 0 bridgehead atoms. The summed E-state index contributed by atoms with van der Waals surface area (Å²) in [5.74, 6) is -2.45. The van der Waals surface area contributed by atoms with E-state index in [-0.39, 0.29) is 24.3 Å². The summed E-state index contributed by atoms with van der Waals surface area (Å²) in [7, 11) is 1.07. The fourth-order valence-corrected chi connectivity index (χ4v) is 3.83. The van der Waals surface area contributed by atoms with Crippen LogP contribution in [0.5, 0.6) is 11.5 Å². The first-order valence-electron chi connectivity index (χ1n) is 10.5. The highest BCUT2D eigenvalue weighted by atomic mass is 16.6. The Kier molecular flexibility index (Phi) is 7.75. The van der Waals surface area contributed by atoms with E-state index in [1.165, 1.54) is 48.5 Å². The smallest absolute Gasteiger partial charge is 0.338 e. The molecule has 4 N–H and O–H groups in total. The normalized spacial score (nSPS) is 24.1. The van der Waals surface area contributed by atoms with Crippen molar-refractivity contribution in [3.05, 3.63) is 59.7 Å². The first-order valence-corrected chi connectivity index (χ1v) is 10.5. The van der Waals surface area contributed by atoms with Crippen LogP contribution in [-0.2, 0) is 41.4 Å². The topological polar surface area (TPSA) is 160 Å². The minimum absolute atomic E-state index is 0.0243. The fraction of sp³-hybridized carbons (Fsp3) is 0.375. The highest BCUT2D eigenvalue weighted by Gasteiger charge is 2.53. The molecular weight excluding hydrogens is 448 g/mol. The molecular formula is C24H26O10. The third-order valence-electron chi connectivity index (χ3n) is 5.52. The maximum absolute atomic E-state index is 12.5. The molecule has 0 aliphatic heterocycles. The molecule has 0 amide bonds. The van der Waals surface area contributed by atoms with Gasteiger partial charge in [-0.1, -0.05) is 24.3 Å². The van der Waals surface area contributed by atoms with Gasteiger partial charge in [0.15, 0.2) is 11.7 Å². The van der Waals surface area contributed by atoms with E-state index < -0.39 is 54.7 Å². The van der Waals surface area contributed by atoms with Crippen LogP contribution in [0.1, 0.15) is 24.0 Å². The zero-order valence-electron chi connectivity index (χ0n) is 18.4. The van der Waals surface area contributed by atoms with Crippen LogP contribution in [0.15, 0.2) is 48.5 Å². The van der Waals surface area contributed by atoms with Crippen LogP contribution < -0.4 is 0 Å². The zero-order valence-corrected chi connectivity index (χ0v) is 18.4. The zero-order chi connectivity index (χ0) is 24.9. The SMILES string of the molecule is COC(=O)[C@@]1(O)C[C@H](OC(=O)Cc2ccc(O)cc2)[C@H](OC(=O)Cc2ccc(O)cc2)[C@@H](O)C1. The molecule has 1 aliphatic carbocycles. The van der Waals surface area contributed by atoms with Crippen LogP contribution in [0.3, 0.4) is 0 Å². The molecule has 3 rings (SSSR count). The Balaban J connectivity index is 1.74. The Morgan fingerprint density at radius 1 is 0.853 bits per heavy atom. The van der Waals surface area contributed by atoms with E-state index in [1.807, 2.05) is 0 Å². The van der Waals surface area contributed by atoms with E-state index in [0.717, 1.165) is 7.11 Å². The van der Waals surface area contributed by atoms with Gasteiger partial charge < -0.3 is 34.6 Å². The number of carbonyl (C=O) groups excluding carboxylic acids is 3. The van der Waals surface area contributed by atoms with Gasteiger partial charge in [0.1, 0.15) is 17.6 Å². The number of aliphatic hydroxyl groups is 2. The molecule has 2 aromatic carbocycles. The van der Waals surface area contributed by atoms with Gasteiger partial charge in [0, 0.05) is 12.8 Å². The van der Waals surface area contributed by atoms with Gasteiger partial charge in [-0.25, -0.2) is 4.79 Å². The van der Waals surface area contributed by atoms with Gasteiger partial charge in [-0.2, -0.15) is 0 Å². The number of ether oxygens (including phenoxy) is 3. The van der Waals surface area contributed by atoms with Crippen LogP contribution in [-0.4, -0.2) is 69.4 Å². The first-order chi connectivity index (χ1) is 16.1. The molecule has 10 heteroatoms.